The highest BCUT2D eigenvalue weighted by Crippen LogP contribution is 1.77. The van der Waals surface area contributed by atoms with Crippen molar-refractivity contribution < 1.29 is 19.7 Å². The van der Waals surface area contributed by atoms with Crippen LogP contribution in [-0.4, -0.2) is 75.4 Å². The van der Waals surface area contributed by atoms with Crippen molar-refractivity contribution in [1.82, 2.24) is 4.90 Å². The second-order valence-electron chi connectivity index (χ2n) is 3.48. The van der Waals surface area contributed by atoms with Gasteiger partial charge in [-0.05, 0) is 20.5 Å². The third-order valence-electron chi connectivity index (χ3n) is 1.50. The summed E-state index contributed by atoms with van der Waals surface area (Å²) < 4.78 is 9.88. The molecular formula is C11H27NO4. The van der Waals surface area contributed by atoms with Crippen LogP contribution in [0.15, 0.2) is 0 Å². The van der Waals surface area contributed by atoms with Crippen LogP contribution in [0.2, 0.25) is 0 Å². The molecule has 0 fully saturated rings. The van der Waals surface area contributed by atoms with E-state index in [0.29, 0.717) is 19.8 Å². The minimum atomic E-state index is 0.118. The summed E-state index contributed by atoms with van der Waals surface area (Å²) in [5.74, 6) is 0. The van der Waals surface area contributed by atoms with Crippen LogP contribution >= 0.6 is 0 Å². The standard InChI is InChI=1S/C6H15NO2.C5H12O2/c1-7(2)3-5-9-6-4-8;1-2-4-7-5-3-6/h8H,3-6H2,1-2H3;6H,2-5H2,1H3. The summed E-state index contributed by atoms with van der Waals surface area (Å²) in [6.07, 6.45) is 1.03. The molecule has 0 aromatic heterocycles. The molecule has 0 aliphatic carbocycles. The van der Waals surface area contributed by atoms with Gasteiger partial charge in [0.2, 0.25) is 0 Å². The molecule has 0 bridgehead atoms. The molecule has 0 saturated heterocycles. The van der Waals surface area contributed by atoms with Gasteiger partial charge in [0.1, 0.15) is 0 Å². The molecule has 0 amide bonds. The van der Waals surface area contributed by atoms with Crippen molar-refractivity contribution in [2.24, 2.45) is 0 Å². The highest BCUT2D eigenvalue weighted by atomic mass is 16.5. The maximum absolute atomic E-state index is 8.29. The molecule has 0 aromatic carbocycles. The highest BCUT2D eigenvalue weighted by molar-refractivity contribution is 4.38. The Morgan fingerprint density at radius 2 is 1.38 bits per heavy atom. The minimum Gasteiger partial charge on any atom is -0.394 e. The molecule has 16 heavy (non-hydrogen) atoms. The Kier molecular flexibility index (Phi) is 19.5. The van der Waals surface area contributed by atoms with Crippen molar-refractivity contribution in [3.05, 3.63) is 0 Å². The lowest BCUT2D eigenvalue weighted by Crippen LogP contribution is -2.18. The van der Waals surface area contributed by atoms with Gasteiger partial charge in [0.15, 0.2) is 0 Å². The predicted molar refractivity (Wildman–Crippen MR) is 64.7 cm³/mol. The molecule has 0 heterocycles. The van der Waals surface area contributed by atoms with Crippen LogP contribution in [0.3, 0.4) is 0 Å². The fourth-order valence-corrected chi connectivity index (χ4v) is 0.725. The zero-order valence-electron chi connectivity index (χ0n) is 10.8. The van der Waals surface area contributed by atoms with Crippen molar-refractivity contribution in [3.63, 3.8) is 0 Å². The number of aliphatic hydroxyl groups excluding tert-OH is 2. The van der Waals surface area contributed by atoms with Gasteiger partial charge >= 0.3 is 0 Å². The van der Waals surface area contributed by atoms with E-state index in [1.165, 1.54) is 0 Å². The van der Waals surface area contributed by atoms with E-state index >= 15 is 0 Å². The molecule has 0 aliphatic heterocycles. The van der Waals surface area contributed by atoms with Gasteiger partial charge in [0.25, 0.3) is 0 Å². The Hall–Kier alpha value is -0.200. The largest absolute Gasteiger partial charge is 0.394 e. The molecule has 100 valence electrons. The molecule has 2 N–H and O–H groups in total. The van der Waals surface area contributed by atoms with Gasteiger partial charge in [-0.25, -0.2) is 0 Å². The molecule has 0 saturated carbocycles. The first kappa shape index (κ1) is 18.2. The summed E-state index contributed by atoms with van der Waals surface area (Å²) in [6.45, 7) is 5.61. The van der Waals surface area contributed by atoms with E-state index in [1.807, 2.05) is 25.9 Å². The summed E-state index contributed by atoms with van der Waals surface area (Å²) in [4.78, 5) is 2.04. The van der Waals surface area contributed by atoms with Gasteiger partial charge in [-0.3, -0.25) is 0 Å². The minimum absolute atomic E-state index is 0.118. The molecule has 0 radical (unpaired) electrons. The summed E-state index contributed by atoms with van der Waals surface area (Å²) in [5, 5.41) is 16.5. The Morgan fingerprint density at radius 1 is 0.875 bits per heavy atom. The molecule has 5 heteroatoms. The van der Waals surface area contributed by atoms with E-state index in [-0.39, 0.29) is 13.2 Å². The number of aliphatic hydroxyl groups is 2. The maximum Gasteiger partial charge on any atom is 0.0698 e. The SMILES string of the molecule is CCCOCCO.CN(C)CCOCCO. The number of rotatable bonds is 9. The van der Waals surface area contributed by atoms with Gasteiger partial charge < -0.3 is 24.6 Å². The van der Waals surface area contributed by atoms with Crippen LogP contribution in [0.1, 0.15) is 13.3 Å². The predicted octanol–water partition coefficient (Wildman–Crippen LogP) is -0.0378. The van der Waals surface area contributed by atoms with Gasteiger partial charge in [-0.1, -0.05) is 6.92 Å². The van der Waals surface area contributed by atoms with Crippen molar-refractivity contribution in [1.29, 1.82) is 0 Å². The monoisotopic (exact) mass is 237 g/mol. The number of hydrogen-bond acceptors (Lipinski definition) is 5. The first-order chi connectivity index (χ1) is 7.68. The molecule has 5 nitrogen and oxygen atoms in total. The normalized spacial score (nSPS) is 10.1. The Balaban J connectivity index is 0. The molecule has 0 rings (SSSR count). The van der Waals surface area contributed by atoms with Crippen LogP contribution in [0.4, 0.5) is 0 Å². The van der Waals surface area contributed by atoms with Crippen LogP contribution in [0.25, 0.3) is 0 Å². The Bertz CT molecular complexity index is 108. The number of ether oxygens (including phenoxy) is 2. The van der Waals surface area contributed by atoms with Crippen molar-refractivity contribution in [2.75, 3.05) is 60.3 Å². The third-order valence-corrected chi connectivity index (χ3v) is 1.50. The summed E-state index contributed by atoms with van der Waals surface area (Å²) in [5.41, 5.74) is 0. The number of likely N-dealkylation sites (N-methyl/N-ethyl adjacent to an activating group) is 1. The second-order valence-corrected chi connectivity index (χ2v) is 3.48. The lowest BCUT2D eigenvalue weighted by atomic mass is 10.5. The topological polar surface area (TPSA) is 62.2 Å². The third kappa shape index (κ3) is 23.5. The van der Waals surface area contributed by atoms with E-state index in [0.717, 1.165) is 19.6 Å². The molecule has 0 spiro atoms. The van der Waals surface area contributed by atoms with Crippen molar-refractivity contribution in [2.45, 2.75) is 13.3 Å². The highest BCUT2D eigenvalue weighted by Gasteiger charge is 1.88. The average molecular weight is 237 g/mol. The van der Waals surface area contributed by atoms with E-state index in [4.69, 9.17) is 19.7 Å². The molecule has 0 unspecified atom stereocenters. The fraction of sp³-hybridized carbons (Fsp3) is 1.00. The van der Waals surface area contributed by atoms with Crippen LogP contribution in [-0.2, 0) is 9.47 Å². The van der Waals surface area contributed by atoms with E-state index < -0.39 is 0 Å². The van der Waals surface area contributed by atoms with Crippen LogP contribution in [0.5, 0.6) is 0 Å². The Morgan fingerprint density at radius 3 is 1.75 bits per heavy atom. The zero-order valence-corrected chi connectivity index (χ0v) is 10.8. The van der Waals surface area contributed by atoms with Gasteiger partial charge in [-0.15, -0.1) is 0 Å². The van der Waals surface area contributed by atoms with Gasteiger partial charge in [0.05, 0.1) is 33.0 Å². The van der Waals surface area contributed by atoms with E-state index in [1.54, 1.807) is 0 Å². The molecule has 0 aromatic rings. The lowest BCUT2D eigenvalue weighted by molar-refractivity contribution is 0.0821. The molecule has 0 atom stereocenters. The smallest absolute Gasteiger partial charge is 0.0698 e. The quantitative estimate of drug-likeness (QED) is 0.551. The average Bonchev–Trinajstić information content (AvgIpc) is 2.26. The zero-order chi connectivity index (χ0) is 12.6. The summed E-state index contributed by atoms with van der Waals surface area (Å²) in [6, 6.07) is 0. The van der Waals surface area contributed by atoms with E-state index in [9.17, 15) is 0 Å². The number of hydrogen-bond donors (Lipinski definition) is 2. The van der Waals surface area contributed by atoms with Crippen molar-refractivity contribution >= 4 is 0 Å². The maximum atomic E-state index is 8.29. The lowest BCUT2D eigenvalue weighted by Gasteiger charge is -2.08. The fourth-order valence-electron chi connectivity index (χ4n) is 0.725. The number of nitrogens with zero attached hydrogens (tertiary/aromatic N) is 1. The molecule has 0 aliphatic rings. The van der Waals surface area contributed by atoms with Gasteiger partial charge in [0, 0.05) is 13.2 Å². The second kappa shape index (κ2) is 17.2. The van der Waals surface area contributed by atoms with E-state index in [2.05, 4.69) is 0 Å². The van der Waals surface area contributed by atoms with Crippen LogP contribution in [0, 0.1) is 0 Å². The first-order valence-corrected chi connectivity index (χ1v) is 5.70. The van der Waals surface area contributed by atoms with Gasteiger partial charge in [-0.2, -0.15) is 0 Å². The van der Waals surface area contributed by atoms with Crippen LogP contribution < -0.4 is 0 Å². The first-order valence-electron chi connectivity index (χ1n) is 5.70. The Labute approximate surface area is 99.0 Å². The summed E-state index contributed by atoms with van der Waals surface area (Å²) in [7, 11) is 3.98. The molecular weight excluding hydrogens is 210 g/mol. The van der Waals surface area contributed by atoms with Crippen molar-refractivity contribution in [3.8, 4) is 0 Å². The summed E-state index contributed by atoms with van der Waals surface area (Å²) >= 11 is 0.